The summed E-state index contributed by atoms with van der Waals surface area (Å²) < 4.78 is 5.02. The molecule has 0 amide bonds. The molecule has 0 fully saturated rings. The van der Waals surface area contributed by atoms with Crippen molar-refractivity contribution >= 4 is 6.21 Å². The number of benzene rings is 1. The summed E-state index contributed by atoms with van der Waals surface area (Å²) in [5.74, 6) is 7.37. The van der Waals surface area contributed by atoms with Crippen LogP contribution in [0.15, 0.2) is 29.4 Å². The van der Waals surface area contributed by atoms with Crippen LogP contribution in [-0.4, -0.2) is 13.3 Å². The van der Waals surface area contributed by atoms with Gasteiger partial charge in [0.05, 0.1) is 7.11 Å². The van der Waals surface area contributed by atoms with Gasteiger partial charge in [0.1, 0.15) is 5.75 Å². The van der Waals surface area contributed by atoms with Gasteiger partial charge in [0, 0.05) is 11.8 Å². The minimum Gasteiger partial charge on any atom is -0.616 e. The lowest BCUT2D eigenvalue weighted by Gasteiger charge is -2.02. The van der Waals surface area contributed by atoms with Gasteiger partial charge in [0.25, 0.3) is 0 Å². The van der Waals surface area contributed by atoms with E-state index in [1.807, 2.05) is 24.3 Å². The molecule has 0 aromatic heterocycles. The van der Waals surface area contributed by atoms with E-state index in [-0.39, 0.29) is 0 Å². The Balaban J connectivity index is 3.02. The molecule has 0 atom stereocenters. The maximum absolute atomic E-state index is 6.63. The molecule has 58 valence electrons. The molecule has 0 heterocycles. The van der Waals surface area contributed by atoms with Crippen molar-refractivity contribution in [2.75, 3.05) is 7.11 Å². The van der Waals surface area contributed by atoms with Crippen LogP contribution in [0, 0.1) is 0 Å². The molecule has 0 spiro atoms. The molecule has 0 unspecified atom stereocenters. The van der Waals surface area contributed by atoms with Crippen LogP contribution in [0.1, 0.15) is 5.56 Å². The van der Waals surface area contributed by atoms with Crippen LogP contribution in [0.5, 0.6) is 5.75 Å². The van der Waals surface area contributed by atoms with E-state index >= 15 is 0 Å². The van der Waals surface area contributed by atoms with Crippen LogP contribution in [-0.2, 0) is 0 Å². The molecule has 1 aromatic rings. The van der Waals surface area contributed by atoms with E-state index in [0.717, 1.165) is 11.3 Å². The van der Waals surface area contributed by atoms with Crippen LogP contribution in [0.3, 0.4) is 0 Å². The Kier molecular flexibility index (Phi) is 2.49. The molecule has 3 nitrogen and oxygen atoms in total. The summed E-state index contributed by atoms with van der Waals surface area (Å²) in [5.41, 5.74) is 0.824. The summed E-state index contributed by atoms with van der Waals surface area (Å²) in [7, 11) is 1.59. The lowest BCUT2D eigenvalue weighted by Crippen LogP contribution is -1.88. The molecule has 0 radical (unpaired) electrons. The Morgan fingerprint density at radius 1 is 1.45 bits per heavy atom. The summed E-state index contributed by atoms with van der Waals surface area (Å²) in [6.45, 7) is 0. The van der Waals surface area contributed by atoms with E-state index in [1.54, 1.807) is 7.11 Å². The fourth-order valence-corrected chi connectivity index (χ4v) is 0.843. The Bertz CT molecular complexity index is 258. The van der Waals surface area contributed by atoms with E-state index in [1.165, 1.54) is 6.21 Å². The lowest BCUT2D eigenvalue weighted by molar-refractivity contribution is 0.414. The minimum absolute atomic E-state index is 0.739. The van der Waals surface area contributed by atoms with Crippen molar-refractivity contribution < 1.29 is 4.74 Å². The van der Waals surface area contributed by atoms with Crippen molar-refractivity contribution in [3.05, 3.63) is 35.7 Å². The topological polar surface area (TPSA) is 45.4 Å². The van der Waals surface area contributed by atoms with E-state index < -0.39 is 0 Å². The van der Waals surface area contributed by atoms with Crippen molar-refractivity contribution in [3.8, 4) is 5.75 Å². The first-order valence-electron chi connectivity index (χ1n) is 3.21. The first-order valence-corrected chi connectivity index (χ1v) is 3.21. The Labute approximate surface area is 65.5 Å². The summed E-state index contributed by atoms with van der Waals surface area (Å²) in [6.07, 6.45) is 1.44. The number of hydrogen-bond donors (Lipinski definition) is 0. The van der Waals surface area contributed by atoms with Gasteiger partial charge in [-0.05, 0) is 12.1 Å². The summed E-state index contributed by atoms with van der Waals surface area (Å²) in [4.78, 5) is 0. The molecule has 0 aliphatic heterocycles. The van der Waals surface area contributed by atoms with Crippen LogP contribution in [0.2, 0.25) is 0 Å². The van der Waals surface area contributed by atoms with Crippen molar-refractivity contribution in [1.82, 2.24) is 0 Å². The van der Waals surface area contributed by atoms with Crippen LogP contribution in [0.25, 0.3) is 5.84 Å². The molecule has 11 heavy (non-hydrogen) atoms. The third-order valence-corrected chi connectivity index (χ3v) is 1.34. The second kappa shape index (κ2) is 3.61. The average Bonchev–Trinajstić information content (AvgIpc) is 2.06. The zero-order valence-corrected chi connectivity index (χ0v) is 6.24. The predicted octanol–water partition coefficient (Wildman–Crippen LogP) is 2.08. The normalized spacial score (nSPS) is 10.3. The smallest absolute Gasteiger partial charge is 0.127 e. The second-order valence-corrected chi connectivity index (χ2v) is 2.00. The zero-order valence-electron chi connectivity index (χ0n) is 6.24. The van der Waals surface area contributed by atoms with Gasteiger partial charge in [0.2, 0.25) is 0 Å². The molecular weight excluding hydrogens is 140 g/mol. The third-order valence-electron chi connectivity index (χ3n) is 1.34. The largest absolute Gasteiger partial charge is 0.616 e. The van der Waals surface area contributed by atoms with Gasteiger partial charge in [-0.15, -0.1) is 0 Å². The van der Waals surface area contributed by atoms with Gasteiger partial charge in [-0.2, -0.15) is 0 Å². The van der Waals surface area contributed by atoms with Gasteiger partial charge in [-0.25, -0.2) is 0 Å². The Morgan fingerprint density at radius 3 is 2.82 bits per heavy atom. The first kappa shape index (κ1) is 7.60. The molecule has 0 bridgehead atoms. The summed E-state index contributed by atoms with van der Waals surface area (Å²) in [6, 6.07) is 7.42. The molecule has 0 aliphatic rings. The molecule has 1 rings (SSSR count). The van der Waals surface area contributed by atoms with E-state index in [9.17, 15) is 0 Å². The SMILES string of the molecule is COc1ccccc1/C=N/[NH-]. The van der Waals surface area contributed by atoms with Crippen LogP contribution in [0.4, 0.5) is 0 Å². The number of rotatable bonds is 2. The monoisotopic (exact) mass is 149 g/mol. The molecule has 3 heteroatoms. The van der Waals surface area contributed by atoms with Gasteiger partial charge >= 0.3 is 0 Å². The maximum atomic E-state index is 6.63. The van der Waals surface area contributed by atoms with Crippen molar-refractivity contribution in [2.24, 2.45) is 5.10 Å². The minimum atomic E-state index is 0.739. The number of hydrogen-bond acceptors (Lipinski definition) is 2. The second-order valence-electron chi connectivity index (χ2n) is 2.00. The van der Waals surface area contributed by atoms with Crippen molar-refractivity contribution in [1.29, 1.82) is 0 Å². The van der Waals surface area contributed by atoms with Gasteiger partial charge in [-0.3, -0.25) is 0 Å². The highest BCUT2D eigenvalue weighted by Gasteiger charge is 1.94. The van der Waals surface area contributed by atoms with Gasteiger partial charge in [0.15, 0.2) is 0 Å². The number of ether oxygens (including phenoxy) is 1. The number of nitrogens with zero attached hydrogens (tertiary/aromatic N) is 1. The predicted molar refractivity (Wildman–Crippen MR) is 44.9 cm³/mol. The Hall–Kier alpha value is -1.51. The zero-order chi connectivity index (χ0) is 8.10. The number of methoxy groups -OCH3 is 1. The van der Waals surface area contributed by atoms with Gasteiger partial charge in [-0.1, -0.05) is 12.1 Å². The van der Waals surface area contributed by atoms with Gasteiger partial charge < -0.3 is 15.7 Å². The molecule has 1 N–H and O–H groups in total. The van der Waals surface area contributed by atoms with Crippen molar-refractivity contribution in [3.63, 3.8) is 0 Å². The quantitative estimate of drug-likeness (QED) is 0.469. The van der Waals surface area contributed by atoms with Crippen LogP contribution < -0.4 is 4.74 Å². The van der Waals surface area contributed by atoms with E-state index in [4.69, 9.17) is 10.6 Å². The average molecular weight is 149 g/mol. The maximum Gasteiger partial charge on any atom is 0.127 e. The fourth-order valence-electron chi connectivity index (χ4n) is 0.843. The fraction of sp³-hybridized carbons (Fsp3) is 0.125. The Morgan fingerprint density at radius 2 is 2.18 bits per heavy atom. The molecule has 0 aliphatic carbocycles. The molecule has 0 saturated heterocycles. The molecular formula is C8H9N2O-. The third kappa shape index (κ3) is 1.70. The number of nitrogens with one attached hydrogen (secondary N) is 1. The van der Waals surface area contributed by atoms with Crippen LogP contribution >= 0.6 is 0 Å². The lowest BCUT2D eigenvalue weighted by atomic mass is 10.2. The summed E-state index contributed by atoms with van der Waals surface area (Å²) >= 11 is 0. The molecule has 0 saturated carbocycles. The van der Waals surface area contributed by atoms with Crippen molar-refractivity contribution in [2.45, 2.75) is 0 Å². The first-order chi connectivity index (χ1) is 5.38. The standard InChI is InChI=1S/C8H9N2O/c1-11-8-5-3-2-4-7(8)6-10-9/h2-6,9H,1H3/q-1/b10-6+. The highest BCUT2D eigenvalue weighted by Crippen LogP contribution is 2.14. The van der Waals surface area contributed by atoms with E-state index in [0.29, 0.717) is 0 Å². The highest BCUT2D eigenvalue weighted by molar-refractivity contribution is 5.83. The van der Waals surface area contributed by atoms with E-state index in [2.05, 4.69) is 5.10 Å². The molecule has 1 aromatic carbocycles. The number of para-hydroxylation sites is 1. The highest BCUT2D eigenvalue weighted by atomic mass is 16.5. The summed E-state index contributed by atoms with van der Waals surface area (Å²) in [5, 5.41) is 3.16.